The fourth-order valence-corrected chi connectivity index (χ4v) is 2.51. The molecule has 1 aliphatic rings. The molecule has 2 rings (SSSR count). The molecule has 1 aliphatic heterocycles. The van der Waals surface area contributed by atoms with Crippen molar-refractivity contribution in [2.24, 2.45) is 5.92 Å². The average Bonchev–Trinajstić information content (AvgIpc) is 2.47. The van der Waals surface area contributed by atoms with Crippen LogP contribution in [0, 0.1) is 5.92 Å². The number of rotatable bonds is 4. The molecule has 0 aromatic heterocycles. The first-order valence-corrected chi connectivity index (χ1v) is 7.13. The maximum atomic E-state index is 12.5. The molecule has 122 valence electrons. The number of piperazine rings is 1. The van der Waals surface area contributed by atoms with Crippen molar-refractivity contribution in [3.05, 3.63) is 29.8 Å². The minimum atomic E-state index is -4.32. The van der Waals surface area contributed by atoms with E-state index in [1.54, 1.807) is 6.92 Å². The van der Waals surface area contributed by atoms with Crippen molar-refractivity contribution in [2.45, 2.75) is 13.1 Å². The number of benzene rings is 1. The second-order valence-electron chi connectivity index (χ2n) is 5.55. The fourth-order valence-electron chi connectivity index (χ4n) is 2.51. The van der Waals surface area contributed by atoms with Crippen LogP contribution in [0.15, 0.2) is 24.3 Å². The Hall–Kier alpha value is -1.16. The second-order valence-corrected chi connectivity index (χ2v) is 5.55. The molecule has 0 N–H and O–H groups in total. The van der Waals surface area contributed by atoms with Crippen molar-refractivity contribution in [1.29, 1.82) is 0 Å². The molecule has 1 aromatic carbocycles. The number of carboxylic acid groups (broad SMARTS) is 1. The van der Waals surface area contributed by atoms with E-state index in [1.165, 1.54) is 12.1 Å². The summed E-state index contributed by atoms with van der Waals surface area (Å²) >= 11 is 0. The summed E-state index contributed by atoms with van der Waals surface area (Å²) in [6.45, 7) is 4.72. The number of carbonyl (C=O) groups excluding carboxylic acids is 1. The molecule has 0 saturated carbocycles. The Morgan fingerprint density at radius 1 is 1.17 bits per heavy atom. The predicted octanol–water partition coefficient (Wildman–Crippen LogP) is -1.78. The van der Waals surface area contributed by atoms with Gasteiger partial charge in [-0.2, -0.15) is 13.2 Å². The Balaban J connectivity index is 0.00000264. The Bertz CT molecular complexity index is 514. The van der Waals surface area contributed by atoms with Crippen LogP contribution in [0.2, 0.25) is 0 Å². The summed E-state index contributed by atoms with van der Waals surface area (Å²) in [6, 6.07) is 5.12. The second kappa shape index (κ2) is 8.09. The number of carboxylic acids is 1. The zero-order chi connectivity index (χ0) is 16.3. The number of alkyl halides is 3. The Labute approximate surface area is 145 Å². The van der Waals surface area contributed by atoms with Gasteiger partial charge in [-0.25, -0.2) is 0 Å². The molecule has 0 spiro atoms. The molecule has 0 bridgehead atoms. The van der Waals surface area contributed by atoms with Crippen molar-refractivity contribution in [2.75, 3.05) is 37.6 Å². The molecule has 0 amide bonds. The third-order valence-electron chi connectivity index (χ3n) is 3.87. The van der Waals surface area contributed by atoms with Gasteiger partial charge in [0.2, 0.25) is 0 Å². The van der Waals surface area contributed by atoms with E-state index in [0.717, 1.165) is 17.8 Å². The van der Waals surface area contributed by atoms with Crippen molar-refractivity contribution >= 4 is 11.7 Å². The van der Waals surface area contributed by atoms with E-state index >= 15 is 0 Å². The number of hydrogen-bond donors (Lipinski definition) is 0. The van der Waals surface area contributed by atoms with Gasteiger partial charge in [0.05, 0.1) is 5.56 Å². The molecule has 1 saturated heterocycles. The molecule has 1 atom stereocenters. The molecule has 4 nitrogen and oxygen atoms in total. The summed E-state index contributed by atoms with van der Waals surface area (Å²) in [5.74, 6) is -1.59. The molecule has 1 fully saturated rings. The van der Waals surface area contributed by atoms with Gasteiger partial charge in [0.1, 0.15) is 0 Å². The van der Waals surface area contributed by atoms with Crippen LogP contribution in [0.5, 0.6) is 0 Å². The minimum absolute atomic E-state index is 0. The van der Waals surface area contributed by atoms with E-state index in [2.05, 4.69) is 0 Å². The summed E-state index contributed by atoms with van der Waals surface area (Å²) in [5.41, 5.74) is 0.0956. The first kappa shape index (κ1) is 19.9. The first-order chi connectivity index (χ1) is 10.3. The van der Waals surface area contributed by atoms with Crippen molar-refractivity contribution in [1.82, 2.24) is 4.90 Å². The predicted molar refractivity (Wildman–Crippen MR) is 74.3 cm³/mol. The number of halogens is 3. The van der Waals surface area contributed by atoms with Gasteiger partial charge in [-0.05, 0) is 24.3 Å². The van der Waals surface area contributed by atoms with Gasteiger partial charge in [0.15, 0.2) is 0 Å². The van der Waals surface area contributed by atoms with Crippen LogP contribution in [-0.2, 0) is 11.0 Å². The van der Waals surface area contributed by atoms with E-state index in [4.69, 9.17) is 0 Å². The number of nitrogens with zero attached hydrogens (tertiary/aromatic N) is 2. The van der Waals surface area contributed by atoms with Crippen LogP contribution in [0.1, 0.15) is 12.5 Å². The van der Waals surface area contributed by atoms with E-state index in [1.807, 2.05) is 9.80 Å². The van der Waals surface area contributed by atoms with Crippen LogP contribution in [-0.4, -0.2) is 43.6 Å². The molecule has 1 heterocycles. The SMILES string of the molecule is CC(CN1CCN(c2ccc(C(F)(F)F)cc2)CC1)C(=O)[O-].[Li+]. The first-order valence-electron chi connectivity index (χ1n) is 7.13. The van der Waals surface area contributed by atoms with Crippen molar-refractivity contribution in [3.8, 4) is 0 Å². The smallest absolute Gasteiger partial charge is 0.550 e. The normalized spacial score (nSPS) is 17.5. The monoisotopic (exact) mass is 322 g/mol. The van der Waals surface area contributed by atoms with Crippen molar-refractivity contribution < 1.29 is 41.9 Å². The molecule has 1 aromatic rings. The number of carbonyl (C=O) groups is 1. The van der Waals surface area contributed by atoms with E-state index < -0.39 is 23.6 Å². The molecule has 23 heavy (non-hydrogen) atoms. The number of aliphatic carboxylic acids is 1. The Morgan fingerprint density at radius 2 is 1.70 bits per heavy atom. The van der Waals surface area contributed by atoms with E-state index in [9.17, 15) is 23.1 Å². The summed E-state index contributed by atoms with van der Waals surface area (Å²) in [7, 11) is 0. The molecule has 8 heteroatoms. The topological polar surface area (TPSA) is 46.6 Å². The number of hydrogen-bond acceptors (Lipinski definition) is 4. The molecule has 1 unspecified atom stereocenters. The maximum Gasteiger partial charge on any atom is 1.00 e. The summed E-state index contributed by atoms with van der Waals surface area (Å²) in [6.07, 6.45) is -4.32. The van der Waals surface area contributed by atoms with E-state index in [-0.39, 0.29) is 18.9 Å². The van der Waals surface area contributed by atoms with Crippen LogP contribution < -0.4 is 28.9 Å². The zero-order valence-electron chi connectivity index (χ0n) is 13.3. The Morgan fingerprint density at radius 3 is 2.13 bits per heavy atom. The maximum absolute atomic E-state index is 12.5. The largest absolute Gasteiger partial charge is 1.00 e. The minimum Gasteiger partial charge on any atom is -0.550 e. The van der Waals surface area contributed by atoms with Crippen LogP contribution in [0.3, 0.4) is 0 Å². The molecule has 0 aliphatic carbocycles. The summed E-state index contributed by atoms with van der Waals surface area (Å²) < 4.78 is 37.6. The standard InChI is InChI=1S/C15H19F3N2O2.Li/c1-11(14(21)22)10-19-6-8-20(9-7-19)13-4-2-12(3-5-13)15(16,17)18;/h2-5,11H,6-10H2,1H3,(H,21,22);/q;+1/p-1. The van der Waals surface area contributed by atoms with Gasteiger partial charge in [0.25, 0.3) is 0 Å². The quantitative estimate of drug-likeness (QED) is 0.615. The summed E-state index contributed by atoms with van der Waals surface area (Å²) in [4.78, 5) is 14.8. The van der Waals surface area contributed by atoms with Crippen LogP contribution in [0.4, 0.5) is 18.9 Å². The van der Waals surface area contributed by atoms with Gasteiger partial charge in [0, 0.05) is 50.3 Å². The van der Waals surface area contributed by atoms with Crippen LogP contribution >= 0.6 is 0 Å². The van der Waals surface area contributed by atoms with E-state index in [0.29, 0.717) is 32.7 Å². The summed E-state index contributed by atoms with van der Waals surface area (Å²) in [5, 5.41) is 10.7. The molecular weight excluding hydrogens is 304 g/mol. The fraction of sp³-hybridized carbons (Fsp3) is 0.533. The van der Waals surface area contributed by atoms with Crippen molar-refractivity contribution in [3.63, 3.8) is 0 Å². The van der Waals surface area contributed by atoms with Gasteiger partial charge in [-0.1, -0.05) is 6.92 Å². The van der Waals surface area contributed by atoms with Gasteiger partial charge >= 0.3 is 25.0 Å². The molecular formula is C15H18F3LiN2O2. The molecule has 0 radical (unpaired) electrons. The Kier molecular flexibility index (Phi) is 6.99. The zero-order valence-corrected chi connectivity index (χ0v) is 13.3. The third kappa shape index (κ3) is 5.45. The average molecular weight is 322 g/mol. The van der Waals surface area contributed by atoms with Gasteiger partial charge in [-0.3, -0.25) is 4.90 Å². The van der Waals surface area contributed by atoms with Gasteiger partial charge in [-0.15, -0.1) is 0 Å². The van der Waals surface area contributed by atoms with Gasteiger partial charge < -0.3 is 14.8 Å². The third-order valence-corrected chi connectivity index (χ3v) is 3.87. The van der Waals surface area contributed by atoms with Crippen LogP contribution in [0.25, 0.3) is 0 Å². The number of anilines is 1.